The summed E-state index contributed by atoms with van der Waals surface area (Å²) in [4.78, 5) is 10.4. The second kappa shape index (κ2) is 13.7. The highest BCUT2D eigenvalue weighted by molar-refractivity contribution is 6.89. The van der Waals surface area contributed by atoms with Gasteiger partial charge in [0.2, 0.25) is 11.4 Å². The Bertz CT molecular complexity index is 2390. The van der Waals surface area contributed by atoms with Gasteiger partial charge in [0, 0.05) is 50.0 Å². The minimum atomic E-state index is -1.65. The first-order valence-electron chi connectivity index (χ1n) is 20.1. The SMILES string of the molecule is C=C1C/N=C(/CC)c2c(ccc3c2oc2nc(-c4ccccc4)ccc23)CCC2c3ccccc3-c3cc(CC4CCCCC4)c([Si](C)(C)C)c[n+]3C12. The van der Waals surface area contributed by atoms with Crippen molar-refractivity contribution in [2.45, 2.75) is 96.3 Å². The highest BCUT2D eigenvalue weighted by Crippen LogP contribution is 2.45. The molecule has 0 N–H and O–H groups in total. The predicted octanol–water partition coefficient (Wildman–Crippen LogP) is 11.3. The van der Waals surface area contributed by atoms with E-state index in [0.717, 1.165) is 64.1 Å². The minimum Gasteiger partial charge on any atom is -0.437 e. The van der Waals surface area contributed by atoms with Crippen molar-refractivity contribution in [3.8, 4) is 22.5 Å². The maximum absolute atomic E-state index is 6.75. The summed E-state index contributed by atoms with van der Waals surface area (Å²) in [6.45, 7) is 15.3. The summed E-state index contributed by atoms with van der Waals surface area (Å²) in [5, 5.41) is 3.78. The van der Waals surface area contributed by atoms with E-state index in [-0.39, 0.29) is 6.04 Å². The molecule has 0 amide bonds. The molecule has 0 radical (unpaired) electrons. The van der Waals surface area contributed by atoms with Gasteiger partial charge < -0.3 is 4.42 Å². The predicted molar refractivity (Wildman–Crippen MR) is 223 cm³/mol. The van der Waals surface area contributed by atoms with Crippen LogP contribution in [0.3, 0.4) is 0 Å². The van der Waals surface area contributed by atoms with E-state index in [1.807, 2.05) is 6.07 Å². The molecule has 0 spiro atoms. The summed E-state index contributed by atoms with van der Waals surface area (Å²) >= 11 is 0. The third-order valence-corrected chi connectivity index (χ3v) is 14.5. The molecule has 2 unspecified atom stereocenters. The zero-order valence-corrected chi connectivity index (χ0v) is 32.9. The number of aliphatic imine (C=N–C) groups is 1. The Labute approximate surface area is 315 Å². The summed E-state index contributed by atoms with van der Waals surface area (Å²) in [5.41, 5.74) is 14.2. The highest BCUT2D eigenvalue weighted by atomic mass is 28.3. The zero-order valence-electron chi connectivity index (χ0n) is 31.9. The van der Waals surface area contributed by atoms with Crippen LogP contribution in [-0.4, -0.2) is 25.3 Å². The van der Waals surface area contributed by atoms with Gasteiger partial charge in [-0.2, -0.15) is 4.57 Å². The van der Waals surface area contributed by atoms with E-state index >= 15 is 0 Å². The largest absolute Gasteiger partial charge is 0.437 e. The summed E-state index contributed by atoms with van der Waals surface area (Å²) in [6, 6.07) is 31.2. The summed E-state index contributed by atoms with van der Waals surface area (Å²) in [5.74, 6) is 1.10. The standard InChI is InChI=1S/C48H52N3OSi/c1-6-41-45-34(22-24-39-40-25-26-42(33-17-11-8-12-18-33)50-48(40)52-47(39)45)21-23-38-36-19-13-14-20-37(36)43-28-35(27-32-15-9-7-10-16-32)44(53(3,4)5)30-51(43)46(38)31(2)29-49-41/h8,11-14,17-20,22,24-26,28,30,32,38,46H,2,6-7,9-10,15-16,21,23,27,29H2,1,3-5H3/q+1/b49-41-. The summed E-state index contributed by atoms with van der Waals surface area (Å²) in [6.07, 6.45) is 13.5. The lowest BCUT2D eigenvalue weighted by molar-refractivity contribution is -0.708. The molecular weight excluding hydrogens is 663 g/mol. The van der Waals surface area contributed by atoms with Gasteiger partial charge in [0.1, 0.15) is 5.58 Å². The number of aromatic nitrogens is 2. The Kier molecular flexibility index (Phi) is 8.81. The van der Waals surface area contributed by atoms with Gasteiger partial charge >= 0.3 is 0 Å². The molecule has 1 aliphatic carbocycles. The lowest BCUT2D eigenvalue weighted by Gasteiger charge is -2.34. The second-order valence-electron chi connectivity index (χ2n) is 16.9. The van der Waals surface area contributed by atoms with Gasteiger partial charge in [-0.15, -0.1) is 0 Å². The third kappa shape index (κ3) is 6.11. The lowest BCUT2D eigenvalue weighted by atomic mass is 9.76. The average Bonchev–Trinajstić information content (AvgIpc) is 3.55. The van der Waals surface area contributed by atoms with E-state index in [2.05, 4.69) is 116 Å². The molecule has 1 saturated carbocycles. The maximum atomic E-state index is 6.75. The van der Waals surface area contributed by atoms with E-state index in [0.29, 0.717) is 18.2 Å². The molecule has 0 saturated heterocycles. The fourth-order valence-electron chi connectivity index (χ4n) is 9.84. The molecule has 3 aromatic heterocycles. The Hall–Kier alpha value is -4.61. The zero-order chi connectivity index (χ0) is 36.3. The maximum Gasteiger partial charge on any atom is 0.227 e. The normalized spacial score (nSPS) is 20.3. The molecule has 3 aromatic carbocycles. The number of hydrogen-bond acceptors (Lipinski definition) is 3. The van der Waals surface area contributed by atoms with Crippen LogP contribution in [0.4, 0.5) is 0 Å². The number of pyridine rings is 2. The monoisotopic (exact) mass is 714 g/mol. The average molecular weight is 715 g/mol. The van der Waals surface area contributed by atoms with Gasteiger partial charge in [-0.1, -0.05) is 126 Å². The van der Waals surface area contributed by atoms with Gasteiger partial charge in [0.05, 0.1) is 26.2 Å². The second-order valence-corrected chi connectivity index (χ2v) is 21.9. The molecule has 53 heavy (non-hydrogen) atoms. The van der Waals surface area contributed by atoms with E-state index in [9.17, 15) is 0 Å². The highest BCUT2D eigenvalue weighted by Gasteiger charge is 2.43. The molecule has 3 aliphatic rings. The van der Waals surface area contributed by atoms with Crippen LogP contribution in [0, 0.1) is 5.92 Å². The molecule has 5 heteroatoms. The van der Waals surface area contributed by atoms with Crippen LogP contribution in [0.15, 0.2) is 113 Å². The van der Waals surface area contributed by atoms with Crippen LogP contribution in [-0.2, 0) is 12.8 Å². The lowest BCUT2D eigenvalue weighted by Crippen LogP contribution is -2.54. The summed E-state index contributed by atoms with van der Waals surface area (Å²) < 4.78 is 9.39. The van der Waals surface area contributed by atoms with Gasteiger partial charge in [0.25, 0.3) is 0 Å². The van der Waals surface area contributed by atoms with Crippen molar-refractivity contribution >= 4 is 41.0 Å². The molecule has 0 bridgehead atoms. The molecule has 6 aromatic rings. The number of aryl methyl sites for hydroxylation is 1. The number of hydrogen-bond donors (Lipinski definition) is 0. The fraction of sp³-hybridized carbons (Fsp3) is 0.354. The summed E-state index contributed by atoms with van der Waals surface area (Å²) in [7, 11) is -1.65. The smallest absolute Gasteiger partial charge is 0.227 e. The molecular formula is C48H52N3OSi+. The number of benzene rings is 3. The third-order valence-electron chi connectivity index (χ3n) is 12.5. The molecule has 2 aliphatic heterocycles. The number of furan rings is 1. The van der Waals surface area contributed by atoms with E-state index in [1.54, 1.807) is 10.8 Å². The molecule has 268 valence electrons. The minimum absolute atomic E-state index is 0.151. The molecule has 4 nitrogen and oxygen atoms in total. The Morgan fingerprint density at radius 3 is 2.43 bits per heavy atom. The topological polar surface area (TPSA) is 42.3 Å². The van der Waals surface area contributed by atoms with Crippen LogP contribution in [0.2, 0.25) is 19.6 Å². The van der Waals surface area contributed by atoms with Crippen LogP contribution >= 0.6 is 0 Å². The van der Waals surface area contributed by atoms with Crippen molar-refractivity contribution in [2.75, 3.05) is 6.54 Å². The van der Waals surface area contributed by atoms with Crippen LogP contribution in [0.1, 0.15) is 86.1 Å². The number of nitrogens with zero attached hydrogens (tertiary/aromatic N) is 3. The Balaban J connectivity index is 1.17. The van der Waals surface area contributed by atoms with Crippen LogP contribution in [0.25, 0.3) is 44.6 Å². The van der Waals surface area contributed by atoms with Crippen molar-refractivity contribution < 1.29 is 8.98 Å². The van der Waals surface area contributed by atoms with Crippen LogP contribution in [0.5, 0.6) is 0 Å². The molecule has 2 atom stereocenters. The van der Waals surface area contributed by atoms with Crippen molar-refractivity contribution in [2.24, 2.45) is 10.9 Å². The van der Waals surface area contributed by atoms with E-state index < -0.39 is 8.07 Å². The van der Waals surface area contributed by atoms with Crippen molar-refractivity contribution in [1.29, 1.82) is 0 Å². The van der Waals surface area contributed by atoms with Gasteiger partial charge in [-0.3, -0.25) is 4.99 Å². The van der Waals surface area contributed by atoms with Gasteiger partial charge in [-0.05, 0) is 66.5 Å². The van der Waals surface area contributed by atoms with Gasteiger partial charge in [0.15, 0.2) is 12.2 Å². The fourth-order valence-corrected chi connectivity index (χ4v) is 11.5. The first kappa shape index (κ1) is 34.2. The van der Waals surface area contributed by atoms with E-state index in [4.69, 9.17) is 21.0 Å². The van der Waals surface area contributed by atoms with Gasteiger partial charge in [-0.25, -0.2) is 4.98 Å². The van der Waals surface area contributed by atoms with Crippen molar-refractivity contribution in [3.05, 3.63) is 126 Å². The van der Waals surface area contributed by atoms with Crippen molar-refractivity contribution in [1.82, 2.24) is 4.98 Å². The molecule has 5 heterocycles. The quantitative estimate of drug-likeness (QED) is 0.101. The molecule has 9 rings (SSSR count). The molecule has 1 fully saturated rings. The van der Waals surface area contributed by atoms with Crippen molar-refractivity contribution in [3.63, 3.8) is 0 Å². The Morgan fingerprint density at radius 1 is 0.868 bits per heavy atom. The first-order chi connectivity index (χ1) is 25.8. The van der Waals surface area contributed by atoms with E-state index in [1.165, 1.54) is 66.5 Å². The number of rotatable bonds is 5. The first-order valence-corrected chi connectivity index (χ1v) is 23.6. The Morgan fingerprint density at radius 2 is 1.64 bits per heavy atom. The number of fused-ring (bicyclic) bond motifs is 11. The van der Waals surface area contributed by atoms with Crippen LogP contribution < -0.4 is 9.75 Å².